The molecule has 0 aliphatic carbocycles. The standard InChI is InChI=1S/C42H72O8/c1-4-6-8-10-12-14-16-18-20-22-27-31-37(43)49-40-39(45)36(34-47-33-35-29-25-24-26-30-35)48-42(46-3)41(40)50-38(44)32-28-23-21-19-17-15-13-11-9-7-5-2/h24-26,29-30,36,39-42,45H,4-23,27-28,31-34H2,1-3H3/t36-,39-,40+,41-,42+/m1/s1. The first-order valence-corrected chi connectivity index (χ1v) is 20.4. The van der Waals surface area contributed by atoms with E-state index in [1.165, 1.54) is 110 Å². The van der Waals surface area contributed by atoms with Gasteiger partial charge in [0.2, 0.25) is 0 Å². The largest absolute Gasteiger partial charge is 0.455 e. The third-order valence-electron chi connectivity index (χ3n) is 9.75. The molecule has 0 saturated carbocycles. The Labute approximate surface area is 304 Å². The number of unbranched alkanes of at least 4 members (excludes halogenated alkanes) is 20. The van der Waals surface area contributed by atoms with Crippen LogP contribution >= 0.6 is 0 Å². The Kier molecular flexibility index (Phi) is 26.1. The fraction of sp³-hybridized carbons (Fsp3) is 0.810. The van der Waals surface area contributed by atoms with Crippen LogP contribution in [-0.2, 0) is 39.9 Å². The molecule has 1 heterocycles. The first-order chi connectivity index (χ1) is 24.5. The van der Waals surface area contributed by atoms with Gasteiger partial charge in [-0.15, -0.1) is 0 Å². The Bertz CT molecular complexity index is 956. The number of ether oxygens (including phenoxy) is 5. The Morgan fingerprint density at radius 3 is 1.48 bits per heavy atom. The molecule has 8 heteroatoms. The maximum atomic E-state index is 13.0. The van der Waals surface area contributed by atoms with E-state index in [0.717, 1.165) is 44.1 Å². The number of aliphatic hydroxyl groups excluding tert-OH is 1. The number of methoxy groups -OCH3 is 1. The van der Waals surface area contributed by atoms with Gasteiger partial charge in [0.1, 0.15) is 12.2 Å². The van der Waals surface area contributed by atoms with Crippen molar-refractivity contribution in [3.8, 4) is 0 Å². The highest BCUT2D eigenvalue weighted by Crippen LogP contribution is 2.28. The number of carbonyl (C=O) groups is 2. The number of hydrogen-bond acceptors (Lipinski definition) is 8. The molecule has 1 aliphatic heterocycles. The summed E-state index contributed by atoms with van der Waals surface area (Å²) >= 11 is 0. The summed E-state index contributed by atoms with van der Waals surface area (Å²) in [4.78, 5) is 26.0. The van der Waals surface area contributed by atoms with E-state index >= 15 is 0 Å². The minimum Gasteiger partial charge on any atom is -0.455 e. The second-order valence-electron chi connectivity index (χ2n) is 14.2. The Balaban J connectivity index is 1.83. The normalized spacial score (nSPS) is 20.5. The van der Waals surface area contributed by atoms with Gasteiger partial charge in [0.15, 0.2) is 18.5 Å². The van der Waals surface area contributed by atoms with Gasteiger partial charge in [0.25, 0.3) is 0 Å². The van der Waals surface area contributed by atoms with Crippen molar-refractivity contribution in [3.05, 3.63) is 35.9 Å². The number of esters is 2. The van der Waals surface area contributed by atoms with Gasteiger partial charge in [-0.05, 0) is 18.4 Å². The van der Waals surface area contributed by atoms with Crippen LogP contribution < -0.4 is 0 Å². The lowest BCUT2D eigenvalue weighted by atomic mass is 9.98. The fourth-order valence-corrected chi connectivity index (χ4v) is 6.63. The van der Waals surface area contributed by atoms with Gasteiger partial charge in [-0.3, -0.25) is 9.59 Å². The lowest BCUT2D eigenvalue weighted by molar-refractivity contribution is -0.302. The second kappa shape index (κ2) is 29.6. The molecular formula is C42H72O8. The van der Waals surface area contributed by atoms with Crippen LogP contribution in [-0.4, -0.2) is 61.5 Å². The average Bonchev–Trinajstić information content (AvgIpc) is 3.12. The van der Waals surface area contributed by atoms with E-state index < -0.39 is 42.6 Å². The van der Waals surface area contributed by atoms with Gasteiger partial charge in [-0.25, -0.2) is 0 Å². The fourth-order valence-electron chi connectivity index (χ4n) is 6.63. The van der Waals surface area contributed by atoms with E-state index in [9.17, 15) is 14.7 Å². The average molecular weight is 705 g/mol. The summed E-state index contributed by atoms with van der Waals surface area (Å²) in [6.45, 7) is 4.88. The lowest BCUT2D eigenvalue weighted by Crippen LogP contribution is -2.61. The predicted octanol–water partition coefficient (Wildman–Crippen LogP) is 10.2. The van der Waals surface area contributed by atoms with Crippen LogP contribution in [0.1, 0.15) is 174 Å². The predicted molar refractivity (Wildman–Crippen MR) is 200 cm³/mol. The number of aliphatic hydroxyl groups is 1. The van der Waals surface area contributed by atoms with Crippen molar-refractivity contribution in [2.45, 2.75) is 205 Å². The summed E-state index contributed by atoms with van der Waals surface area (Å²) in [6, 6.07) is 9.73. The lowest BCUT2D eigenvalue weighted by Gasteiger charge is -2.42. The van der Waals surface area contributed by atoms with Crippen LogP contribution in [0.2, 0.25) is 0 Å². The van der Waals surface area contributed by atoms with Gasteiger partial charge < -0.3 is 28.8 Å². The summed E-state index contributed by atoms with van der Waals surface area (Å²) in [7, 11) is 1.46. The quantitative estimate of drug-likeness (QED) is 0.0602. The molecule has 1 aromatic carbocycles. The zero-order valence-electron chi connectivity index (χ0n) is 32.0. The SMILES string of the molecule is CCCCCCCCCCCCCC(=O)O[C@H]1[C@@H](OC)O[C@H](COCc2ccccc2)[C@@H](O)[C@@H]1OC(=O)CCCCCCCCCCCCC. The highest BCUT2D eigenvalue weighted by Gasteiger charge is 2.50. The number of benzene rings is 1. The summed E-state index contributed by atoms with van der Waals surface area (Å²) in [6.07, 6.45) is 21.3. The van der Waals surface area contributed by atoms with Gasteiger partial charge >= 0.3 is 11.9 Å². The van der Waals surface area contributed by atoms with Crippen LogP contribution in [0.4, 0.5) is 0 Å². The maximum absolute atomic E-state index is 13.0. The summed E-state index contributed by atoms with van der Waals surface area (Å²) < 4.78 is 29.2. The first-order valence-electron chi connectivity index (χ1n) is 20.4. The topological polar surface area (TPSA) is 101 Å². The van der Waals surface area contributed by atoms with Crippen molar-refractivity contribution in [2.24, 2.45) is 0 Å². The highest BCUT2D eigenvalue weighted by atomic mass is 16.7. The molecule has 288 valence electrons. The summed E-state index contributed by atoms with van der Waals surface area (Å²) in [5, 5.41) is 11.4. The van der Waals surface area contributed by atoms with Crippen LogP contribution in [0.5, 0.6) is 0 Å². The smallest absolute Gasteiger partial charge is 0.306 e. The van der Waals surface area contributed by atoms with Crippen LogP contribution in [0.3, 0.4) is 0 Å². The Morgan fingerprint density at radius 1 is 0.620 bits per heavy atom. The van der Waals surface area contributed by atoms with E-state index in [2.05, 4.69) is 13.8 Å². The number of hydrogen-bond donors (Lipinski definition) is 1. The van der Waals surface area contributed by atoms with Crippen molar-refractivity contribution in [2.75, 3.05) is 13.7 Å². The van der Waals surface area contributed by atoms with Gasteiger partial charge in [-0.1, -0.05) is 173 Å². The zero-order chi connectivity index (χ0) is 36.1. The monoisotopic (exact) mass is 705 g/mol. The van der Waals surface area contributed by atoms with Gasteiger partial charge in [0, 0.05) is 20.0 Å². The van der Waals surface area contributed by atoms with Crippen LogP contribution in [0.25, 0.3) is 0 Å². The van der Waals surface area contributed by atoms with E-state index in [1.807, 2.05) is 30.3 Å². The maximum Gasteiger partial charge on any atom is 0.306 e. The summed E-state index contributed by atoms with van der Waals surface area (Å²) in [5.41, 5.74) is 0.991. The van der Waals surface area contributed by atoms with Gasteiger partial charge in [-0.2, -0.15) is 0 Å². The molecule has 50 heavy (non-hydrogen) atoms. The van der Waals surface area contributed by atoms with Crippen molar-refractivity contribution in [1.82, 2.24) is 0 Å². The number of rotatable bonds is 31. The molecule has 1 aromatic rings. The van der Waals surface area contributed by atoms with Crippen molar-refractivity contribution < 1.29 is 38.4 Å². The van der Waals surface area contributed by atoms with Gasteiger partial charge in [0.05, 0.1) is 13.2 Å². The minimum atomic E-state index is -1.25. The molecule has 0 amide bonds. The molecule has 0 aromatic heterocycles. The molecule has 0 spiro atoms. The Morgan fingerprint density at radius 2 is 1.04 bits per heavy atom. The van der Waals surface area contributed by atoms with Crippen LogP contribution in [0.15, 0.2) is 30.3 Å². The molecule has 8 nitrogen and oxygen atoms in total. The van der Waals surface area contributed by atoms with E-state index in [1.54, 1.807) is 0 Å². The second-order valence-corrected chi connectivity index (χ2v) is 14.2. The third-order valence-corrected chi connectivity index (χ3v) is 9.75. The molecule has 1 aliphatic rings. The molecule has 5 atom stereocenters. The van der Waals surface area contributed by atoms with Crippen molar-refractivity contribution in [1.29, 1.82) is 0 Å². The molecule has 0 unspecified atom stereocenters. The zero-order valence-corrected chi connectivity index (χ0v) is 32.0. The molecule has 2 rings (SSSR count). The van der Waals surface area contributed by atoms with E-state index in [-0.39, 0.29) is 19.4 Å². The van der Waals surface area contributed by atoms with E-state index in [4.69, 9.17) is 23.7 Å². The third kappa shape index (κ3) is 20.1. The minimum absolute atomic E-state index is 0.0575. The van der Waals surface area contributed by atoms with Crippen molar-refractivity contribution in [3.63, 3.8) is 0 Å². The molecular weight excluding hydrogens is 632 g/mol. The Hall–Kier alpha value is -2.00. The highest BCUT2D eigenvalue weighted by molar-refractivity contribution is 5.70. The van der Waals surface area contributed by atoms with Crippen LogP contribution in [0, 0.1) is 0 Å². The van der Waals surface area contributed by atoms with Crippen molar-refractivity contribution >= 4 is 11.9 Å². The molecule has 1 N–H and O–H groups in total. The molecule has 0 radical (unpaired) electrons. The first kappa shape index (κ1) is 44.2. The molecule has 1 saturated heterocycles. The van der Waals surface area contributed by atoms with E-state index in [0.29, 0.717) is 6.61 Å². The molecule has 1 fully saturated rings. The molecule has 0 bridgehead atoms. The summed E-state index contributed by atoms with van der Waals surface area (Å²) in [5.74, 6) is -0.828. The number of carbonyl (C=O) groups excluding carboxylic acids is 2.